The molecular weight excluding hydrogens is 232 g/mol. The summed E-state index contributed by atoms with van der Waals surface area (Å²) in [5.74, 6) is 0.769. The second-order valence-electron chi connectivity index (χ2n) is 3.71. The first-order valence-corrected chi connectivity index (χ1v) is 6.13. The van der Waals surface area contributed by atoms with Crippen LogP contribution in [0.25, 0.3) is 10.1 Å². The molecule has 3 aromatic rings. The van der Waals surface area contributed by atoms with Gasteiger partial charge in [0.2, 0.25) is 0 Å². The lowest BCUT2D eigenvalue weighted by Crippen LogP contribution is -1.89. The highest BCUT2D eigenvalue weighted by molar-refractivity contribution is 7.17. The predicted molar refractivity (Wildman–Crippen MR) is 68.7 cm³/mol. The average molecular weight is 242 g/mol. The molecule has 0 bridgehead atoms. The minimum atomic E-state index is 0.375. The van der Waals surface area contributed by atoms with Crippen molar-refractivity contribution in [3.05, 3.63) is 47.6 Å². The van der Waals surface area contributed by atoms with Gasteiger partial charge in [-0.2, -0.15) is 0 Å². The van der Waals surface area contributed by atoms with Gasteiger partial charge in [0.05, 0.1) is 0 Å². The normalized spacial score (nSPS) is 10.6. The summed E-state index contributed by atoms with van der Waals surface area (Å²) < 4.78 is 6.80. The molecule has 0 radical (unpaired) electrons. The van der Waals surface area contributed by atoms with Crippen LogP contribution in [0.1, 0.15) is 5.56 Å². The van der Waals surface area contributed by atoms with Crippen LogP contribution in [0.15, 0.2) is 42.0 Å². The molecule has 0 saturated carbocycles. The van der Waals surface area contributed by atoms with Gasteiger partial charge in [0.15, 0.2) is 0 Å². The fourth-order valence-electron chi connectivity index (χ4n) is 1.65. The average Bonchev–Trinajstić information content (AvgIpc) is 2.72. The number of hydrogen-bond donors (Lipinski definition) is 0. The molecular formula is C13H10N2OS. The van der Waals surface area contributed by atoms with Gasteiger partial charge in [0.1, 0.15) is 5.75 Å². The Kier molecular flexibility index (Phi) is 2.49. The van der Waals surface area contributed by atoms with E-state index >= 15 is 0 Å². The summed E-state index contributed by atoms with van der Waals surface area (Å²) in [6.45, 7) is 2.11. The molecule has 0 saturated heterocycles. The maximum Gasteiger partial charge on any atom is 0.321 e. The van der Waals surface area contributed by atoms with Crippen LogP contribution >= 0.6 is 11.3 Å². The minimum Gasteiger partial charge on any atom is -0.424 e. The zero-order valence-corrected chi connectivity index (χ0v) is 10.1. The van der Waals surface area contributed by atoms with E-state index in [1.165, 1.54) is 15.6 Å². The lowest BCUT2D eigenvalue weighted by atomic mass is 10.2. The maximum absolute atomic E-state index is 5.58. The van der Waals surface area contributed by atoms with Gasteiger partial charge < -0.3 is 4.74 Å². The summed E-state index contributed by atoms with van der Waals surface area (Å²) in [4.78, 5) is 8.06. The molecule has 0 fully saturated rings. The number of aryl methyl sites for hydroxylation is 1. The van der Waals surface area contributed by atoms with Gasteiger partial charge in [0, 0.05) is 17.1 Å². The highest BCUT2D eigenvalue weighted by Crippen LogP contribution is 2.30. The Morgan fingerprint density at radius 2 is 2.00 bits per heavy atom. The third kappa shape index (κ3) is 1.99. The first kappa shape index (κ1) is 10.2. The quantitative estimate of drug-likeness (QED) is 0.685. The zero-order chi connectivity index (χ0) is 11.7. The minimum absolute atomic E-state index is 0.375. The Hall–Kier alpha value is -1.94. The Morgan fingerprint density at radius 3 is 2.82 bits per heavy atom. The standard InChI is InChI=1S/C13H10N2OS/c1-9-8-17-12-7-10(3-4-11(9)12)16-13-14-5-2-6-15-13/h2-8H,1H3. The van der Waals surface area contributed by atoms with Crippen molar-refractivity contribution < 1.29 is 4.74 Å². The lowest BCUT2D eigenvalue weighted by molar-refractivity contribution is 0.442. The number of thiophene rings is 1. The van der Waals surface area contributed by atoms with E-state index in [-0.39, 0.29) is 0 Å². The Balaban J connectivity index is 1.96. The van der Waals surface area contributed by atoms with E-state index < -0.39 is 0 Å². The number of fused-ring (bicyclic) bond motifs is 1. The van der Waals surface area contributed by atoms with Crippen LogP contribution in [-0.4, -0.2) is 9.97 Å². The topological polar surface area (TPSA) is 35.0 Å². The monoisotopic (exact) mass is 242 g/mol. The van der Waals surface area contributed by atoms with Crippen LogP contribution in [0.5, 0.6) is 11.8 Å². The van der Waals surface area contributed by atoms with Crippen LogP contribution in [0.3, 0.4) is 0 Å². The van der Waals surface area contributed by atoms with Crippen molar-refractivity contribution in [3.8, 4) is 11.8 Å². The molecule has 0 atom stereocenters. The third-order valence-corrected chi connectivity index (χ3v) is 3.55. The molecule has 0 N–H and O–H groups in total. The maximum atomic E-state index is 5.58. The van der Waals surface area contributed by atoms with E-state index in [0.717, 1.165) is 5.75 Å². The van der Waals surface area contributed by atoms with E-state index in [1.54, 1.807) is 29.8 Å². The highest BCUT2D eigenvalue weighted by atomic mass is 32.1. The highest BCUT2D eigenvalue weighted by Gasteiger charge is 2.03. The molecule has 1 aromatic carbocycles. The van der Waals surface area contributed by atoms with Crippen LogP contribution < -0.4 is 4.74 Å². The summed E-state index contributed by atoms with van der Waals surface area (Å²) in [5, 5.41) is 3.42. The fraction of sp³-hybridized carbons (Fsp3) is 0.0769. The molecule has 0 amide bonds. The van der Waals surface area contributed by atoms with Gasteiger partial charge in [0.25, 0.3) is 0 Å². The molecule has 2 aromatic heterocycles. The van der Waals surface area contributed by atoms with Gasteiger partial charge in [-0.15, -0.1) is 11.3 Å². The second kappa shape index (κ2) is 4.14. The number of rotatable bonds is 2. The summed E-state index contributed by atoms with van der Waals surface area (Å²) in [6.07, 6.45) is 3.33. The van der Waals surface area contributed by atoms with Crippen molar-refractivity contribution >= 4 is 21.4 Å². The first-order valence-electron chi connectivity index (χ1n) is 5.26. The van der Waals surface area contributed by atoms with Gasteiger partial charge in [-0.1, -0.05) is 0 Å². The van der Waals surface area contributed by atoms with E-state index in [1.807, 2.05) is 12.1 Å². The molecule has 4 heteroatoms. The van der Waals surface area contributed by atoms with Crippen molar-refractivity contribution in [2.75, 3.05) is 0 Å². The third-order valence-electron chi connectivity index (χ3n) is 2.49. The molecule has 17 heavy (non-hydrogen) atoms. The molecule has 3 rings (SSSR count). The summed E-state index contributed by atoms with van der Waals surface area (Å²) in [5.41, 5.74) is 1.30. The van der Waals surface area contributed by atoms with Gasteiger partial charge in [-0.25, -0.2) is 9.97 Å². The predicted octanol–water partition coefficient (Wildman–Crippen LogP) is 3.79. The largest absolute Gasteiger partial charge is 0.424 e. The molecule has 0 aliphatic carbocycles. The molecule has 3 nitrogen and oxygen atoms in total. The van der Waals surface area contributed by atoms with Crippen LogP contribution in [0, 0.1) is 6.92 Å². The molecule has 0 aliphatic heterocycles. The first-order chi connectivity index (χ1) is 8.33. The Morgan fingerprint density at radius 1 is 1.18 bits per heavy atom. The van der Waals surface area contributed by atoms with Crippen molar-refractivity contribution in [3.63, 3.8) is 0 Å². The lowest BCUT2D eigenvalue weighted by Gasteiger charge is -2.02. The van der Waals surface area contributed by atoms with Crippen molar-refractivity contribution in [1.29, 1.82) is 0 Å². The van der Waals surface area contributed by atoms with E-state index in [0.29, 0.717) is 6.01 Å². The number of benzene rings is 1. The van der Waals surface area contributed by atoms with Crippen LogP contribution in [0.2, 0.25) is 0 Å². The number of ether oxygens (including phenoxy) is 1. The Labute approximate surface area is 103 Å². The zero-order valence-electron chi connectivity index (χ0n) is 9.25. The molecule has 0 spiro atoms. The summed E-state index contributed by atoms with van der Waals surface area (Å²) in [7, 11) is 0. The van der Waals surface area contributed by atoms with Crippen molar-refractivity contribution in [2.24, 2.45) is 0 Å². The molecule has 2 heterocycles. The summed E-state index contributed by atoms with van der Waals surface area (Å²) in [6, 6.07) is 8.17. The van der Waals surface area contributed by atoms with Crippen LogP contribution in [-0.2, 0) is 0 Å². The van der Waals surface area contributed by atoms with Crippen molar-refractivity contribution in [1.82, 2.24) is 9.97 Å². The van der Waals surface area contributed by atoms with Crippen LogP contribution in [0.4, 0.5) is 0 Å². The van der Waals surface area contributed by atoms with Crippen molar-refractivity contribution in [2.45, 2.75) is 6.92 Å². The SMILES string of the molecule is Cc1csc2cc(Oc3ncccn3)ccc12. The van der Waals surface area contributed by atoms with E-state index in [9.17, 15) is 0 Å². The number of nitrogens with zero attached hydrogens (tertiary/aromatic N) is 2. The Bertz CT molecular complexity index is 649. The van der Waals surface area contributed by atoms with Gasteiger partial charge in [-0.3, -0.25) is 0 Å². The van der Waals surface area contributed by atoms with E-state index in [4.69, 9.17) is 4.74 Å². The summed E-state index contributed by atoms with van der Waals surface area (Å²) >= 11 is 1.72. The molecule has 0 aliphatic rings. The number of aromatic nitrogens is 2. The smallest absolute Gasteiger partial charge is 0.321 e. The van der Waals surface area contributed by atoms with Gasteiger partial charge in [-0.05, 0) is 47.5 Å². The van der Waals surface area contributed by atoms with Gasteiger partial charge >= 0.3 is 6.01 Å². The molecule has 0 unspecified atom stereocenters. The number of hydrogen-bond acceptors (Lipinski definition) is 4. The van der Waals surface area contributed by atoms with E-state index in [2.05, 4.69) is 28.3 Å². The fourth-order valence-corrected chi connectivity index (χ4v) is 2.62. The second-order valence-corrected chi connectivity index (χ2v) is 4.62. The molecule has 84 valence electrons.